The number of guanidine groups is 1. The highest BCUT2D eigenvalue weighted by Crippen LogP contribution is 2.26. The molecule has 1 aliphatic carbocycles. The van der Waals surface area contributed by atoms with Crippen LogP contribution in [0.1, 0.15) is 37.8 Å². The molecule has 2 N–H and O–H groups in total. The first-order valence-electron chi connectivity index (χ1n) is 10.1. The van der Waals surface area contributed by atoms with E-state index < -0.39 is 0 Å². The molecule has 1 saturated heterocycles. The van der Waals surface area contributed by atoms with Gasteiger partial charge in [-0.2, -0.15) is 5.10 Å². The SMILES string of the molecule is CN=C(NCc1ccn(-c2ccccc2)n1)NC1CCN(C2CCCC2)C1.I. The third-order valence-electron chi connectivity index (χ3n) is 5.73. The Hall–Kier alpha value is -1.61. The molecule has 2 fully saturated rings. The van der Waals surface area contributed by atoms with Gasteiger partial charge in [-0.1, -0.05) is 31.0 Å². The molecule has 0 radical (unpaired) electrons. The van der Waals surface area contributed by atoms with E-state index in [4.69, 9.17) is 0 Å². The van der Waals surface area contributed by atoms with Crippen LogP contribution in [0, 0.1) is 0 Å². The number of para-hydroxylation sites is 1. The van der Waals surface area contributed by atoms with Crippen molar-refractivity contribution in [3.8, 4) is 5.69 Å². The second-order valence-corrected chi connectivity index (χ2v) is 7.58. The molecule has 0 bridgehead atoms. The summed E-state index contributed by atoms with van der Waals surface area (Å²) >= 11 is 0. The second kappa shape index (κ2) is 10.2. The maximum atomic E-state index is 4.65. The number of aliphatic imine (C=N–C) groups is 1. The summed E-state index contributed by atoms with van der Waals surface area (Å²) in [6.45, 7) is 3.01. The number of halogens is 1. The zero-order valence-electron chi connectivity index (χ0n) is 16.6. The van der Waals surface area contributed by atoms with Gasteiger partial charge in [0.05, 0.1) is 17.9 Å². The van der Waals surface area contributed by atoms with Gasteiger partial charge in [0.15, 0.2) is 5.96 Å². The van der Waals surface area contributed by atoms with Gasteiger partial charge in [0.25, 0.3) is 0 Å². The van der Waals surface area contributed by atoms with Gasteiger partial charge in [0.2, 0.25) is 0 Å². The van der Waals surface area contributed by atoms with E-state index in [1.165, 1.54) is 38.6 Å². The fraction of sp³-hybridized carbons (Fsp3) is 0.524. The molecule has 4 rings (SSSR count). The lowest BCUT2D eigenvalue weighted by atomic mass is 10.2. The van der Waals surface area contributed by atoms with E-state index in [2.05, 4.69) is 37.8 Å². The van der Waals surface area contributed by atoms with Crippen LogP contribution in [0.2, 0.25) is 0 Å². The van der Waals surface area contributed by atoms with Crippen LogP contribution in [0.15, 0.2) is 47.6 Å². The molecule has 2 aliphatic rings. The molecule has 152 valence electrons. The Kier molecular flexibility index (Phi) is 7.73. The van der Waals surface area contributed by atoms with Gasteiger partial charge in [-0.3, -0.25) is 9.89 Å². The summed E-state index contributed by atoms with van der Waals surface area (Å²) in [5.41, 5.74) is 2.07. The number of nitrogens with zero attached hydrogens (tertiary/aromatic N) is 4. The number of benzene rings is 1. The van der Waals surface area contributed by atoms with E-state index >= 15 is 0 Å². The zero-order chi connectivity index (χ0) is 18.5. The van der Waals surface area contributed by atoms with Crippen LogP contribution in [0.3, 0.4) is 0 Å². The van der Waals surface area contributed by atoms with Gasteiger partial charge in [-0.25, -0.2) is 4.68 Å². The first-order valence-corrected chi connectivity index (χ1v) is 10.1. The van der Waals surface area contributed by atoms with Gasteiger partial charge >= 0.3 is 0 Å². The Balaban J connectivity index is 0.00000225. The summed E-state index contributed by atoms with van der Waals surface area (Å²) in [5, 5.41) is 11.6. The highest BCUT2D eigenvalue weighted by Gasteiger charge is 2.30. The van der Waals surface area contributed by atoms with E-state index in [1.54, 1.807) is 0 Å². The molecular formula is C21H31IN6. The summed E-state index contributed by atoms with van der Waals surface area (Å²) in [7, 11) is 1.83. The minimum absolute atomic E-state index is 0. The van der Waals surface area contributed by atoms with Crippen LogP contribution in [0.25, 0.3) is 5.69 Å². The maximum absolute atomic E-state index is 4.65. The molecule has 0 spiro atoms. The van der Waals surface area contributed by atoms with Gasteiger partial charge in [0.1, 0.15) is 0 Å². The number of nitrogens with one attached hydrogen (secondary N) is 2. The van der Waals surface area contributed by atoms with E-state index in [-0.39, 0.29) is 24.0 Å². The zero-order valence-corrected chi connectivity index (χ0v) is 18.9. The maximum Gasteiger partial charge on any atom is 0.191 e. The quantitative estimate of drug-likeness (QED) is 0.381. The first kappa shape index (κ1) is 21.1. The van der Waals surface area contributed by atoms with Crippen LogP contribution in [-0.4, -0.2) is 52.9 Å². The third kappa shape index (κ3) is 5.26. The number of likely N-dealkylation sites (tertiary alicyclic amines) is 1. The Labute approximate surface area is 184 Å². The summed E-state index contributed by atoms with van der Waals surface area (Å²) in [5.74, 6) is 0.863. The van der Waals surface area contributed by atoms with Crippen molar-refractivity contribution in [3.05, 3.63) is 48.3 Å². The van der Waals surface area contributed by atoms with Crippen LogP contribution in [0.5, 0.6) is 0 Å². The average molecular weight is 494 g/mol. The molecule has 7 heteroatoms. The highest BCUT2D eigenvalue weighted by molar-refractivity contribution is 14.0. The van der Waals surface area contributed by atoms with Gasteiger partial charge in [-0.05, 0) is 37.5 Å². The summed E-state index contributed by atoms with van der Waals surface area (Å²) < 4.78 is 1.91. The molecule has 2 heterocycles. The van der Waals surface area contributed by atoms with Gasteiger partial charge in [0, 0.05) is 38.4 Å². The Morgan fingerprint density at radius 2 is 1.93 bits per heavy atom. The monoisotopic (exact) mass is 494 g/mol. The molecule has 1 aliphatic heterocycles. The average Bonchev–Trinajstić information content (AvgIpc) is 3.47. The van der Waals surface area contributed by atoms with Crippen LogP contribution < -0.4 is 10.6 Å². The van der Waals surface area contributed by atoms with Crippen molar-refractivity contribution in [3.63, 3.8) is 0 Å². The molecule has 28 heavy (non-hydrogen) atoms. The predicted molar refractivity (Wildman–Crippen MR) is 125 cm³/mol. The molecule has 1 aromatic heterocycles. The Bertz CT molecular complexity index is 753. The van der Waals surface area contributed by atoms with Crippen molar-refractivity contribution in [2.75, 3.05) is 20.1 Å². The minimum Gasteiger partial charge on any atom is -0.352 e. The van der Waals surface area contributed by atoms with E-state index in [0.717, 1.165) is 29.9 Å². The number of hydrogen-bond acceptors (Lipinski definition) is 3. The smallest absolute Gasteiger partial charge is 0.191 e. The summed E-state index contributed by atoms with van der Waals surface area (Å²) in [6.07, 6.45) is 8.75. The van der Waals surface area contributed by atoms with Gasteiger partial charge < -0.3 is 10.6 Å². The largest absolute Gasteiger partial charge is 0.352 e. The highest BCUT2D eigenvalue weighted by atomic mass is 127. The topological polar surface area (TPSA) is 57.5 Å². The van der Waals surface area contributed by atoms with Crippen molar-refractivity contribution in [1.82, 2.24) is 25.3 Å². The Morgan fingerprint density at radius 1 is 1.14 bits per heavy atom. The lowest BCUT2D eigenvalue weighted by molar-refractivity contribution is 0.242. The molecule has 1 aromatic carbocycles. The van der Waals surface area contributed by atoms with E-state index in [1.807, 2.05) is 42.2 Å². The number of hydrogen-bond donors (Lipinski definition) is 2. The molecule has 1 atom stereocenters. The lowest BCUT2D eigenvalue weighted by Crippen LogP contribution is -2.45. The number of rotatable bonds is 5. The Morgan fingerprint density at radius 3 is 2.68 bits per heavy atom. The predicted octanol–water partition coefficient (Wildman–Crippen LogP) is 3.17. The van der Waals surface area contributed by atoms with E-state index in [9.17, 15) is 0 Å². The number of aromatic nitrogens is 2. The molecule has 1 unspecified atom stereocenters. The van der Waals surface area contributed by atoms with Crippen molar-refractivity contribution in [2.45, 2.75) is 50.7 Å². The molecule has 0 amide bonds. The van der Waals surface area contributed by atoms with Crippen molar-refractivity contribution in [1.29, 1.82) is 0 Å². The first-order chi connectivity index (χ1) is 13.3. The second-order valence-electron chi connectivity index (χ2n) is 7.58. The third-order valence-corrected chi connectivity index (χ3v) is 5.73. The van der Waals surface area contributed by atoms with Crippen LogP contribution >= 0.6 is 24.0 Å². The molecular weight excluding hydrogens is 463 g/mol. The van der Waals surface area contributed by atoms with E-state index in [0.29, 0.717) is 12.6 Å². The normalized spacial score (nSPS) is 20.9. The van der Waals surface area contributed by atoms with Crippen molar-refractivity contribution < 1.29 is 0 Å². The fourth-order valence-corrected chi connectivity index (χ4v) is 4.25. The minimum atomic E-state index is 0. The van der Waals surface area contributed by atoms with Crippen molar-refractivity contribution in [2.24, 2.45) is 4.99 Å². The summed E-state index contributed by atoms with van der Waals surface area (Å²) in [4.78, 5) is 7.06. The fourth-order valence-electron chi connectivity index (χ4n) is 4.25. The van der Waals surface area contributed by atoms with Gasteiger partial charge in [-0.15, -0.1) is 24.0 Å². The molecule has 2 aromatic rings. The standard InChI is InChI=1S/C21H30N6.HI/c1-22-21(24-18-11-13-26(16-18)19-7-5-6-8-19)23-15-17-12-14-27(25-17)20-9-3-2-4-10-20;/h2-4,9-10,12,14,18-19H,5-8,11,13,15-16H2,1H3,(H2,22,23,24);1H. The molecule has 6 nitrogen and oxygen atoms in total. The van der Waals surface area contributed by atoms with Crippen LogP contribution in [-0.2, 0) is 6.54 Å². The summed E-state index contributed by atoms with van der Waals surface area (Å²) in [6, 6.07) is 13.5. The lowest BCUT2D eigenvalue weighted by Gasteiger charge is -2.24. The van der Waals surface area contributed by atoms with Crippen molar-refractivity contribution >= 4 is 29.9 Å². The van der Waals surface area contributed by atoms with Crippen LogP contribution in [0.4, 0.5) is 0 Å². The molecule has 1 saturated carbocycles.